The van der Waals surface area contributed by atoms with E-state index in [1.165, 1.54) is 22.3 Å². The minimum Gasteiger partial charge on any atom is -0.386 e. The number of hydrogen-bond acceptors (Lipinski definition) is 3. The van der Waals surface area contributed by atoms with E-state index < -0.39 is 11.9 Å². The van der Waals surface area contributed by atoms with E-state index in [0.717, 1.165) is 35.1 Å². The van der Waals surface area contributed by atoms with Crippen molar-refractivity contribution >= 4 is 23.1 Å². The van der Waals surface area contributed by atoms with Gasteiger partial charge in [0, 0.05) is 0 Å². The Kier molecular flexibility index (Phi) is 4.81. The van der Waals surface area contributed by atoms with Crippen LogP contribution >= 0.6 is 0 Å². The molecule has 0 unspecified atom stereocenters. The van der Waals surface area contributed by atoms with Crippen molar-refractivity contribution in [3.63, 3.8) is 0 Å². The van der Waals surface area contributed by atoms with E-state index in [2.05, 4.69) is 79.7 Å². The smallest absolute Gasteiger partial charge is 0.347 e. The number of cyclic esters (lactones) is 2. The third kappa shape index (κ3) is 3.54. The summed E-state index contributed by atoms with van der Waals surface area (Å²) in [5.41, 5.74) is 9.25. The van der Waals surface area contributed by atoms with Gasteiger partial charge in [-0.25, -0.2) is 9.59 Å². The zero-order chi connectivity index (χ0) is 22.9. The van der Waals surface area contributed by atoms with E-state index in [-0.39, 0.29) is 10.8 Å². The molecule has 31 heavy (non-hydrogen) atoms. The van der Waals surface area contributed by atoms with Crippen LogP contribution in [0.25, 0.3) is 11.1 Å². The molecule has 2 aromatic carbocycles. The quantitative estimate of drug-likeness (QED) is 0.391. The number of carbonyl (C=O) groups excluding carboxylic acids is 2. The van der Waals surface area contributed by atoms with Crippen LogP contribution < -0.4 is 0 Å². The van der Waals surface area contributed by atoms with E-state index in [4.69, 9.17) is 4.74 Å². The lowest BCUT2D eigenvalue weighted by Gasteiger charge is -2.26. The summed E-state index contributed by atoms with van der Waals surface area (Å²) in [6.07, 6.45) is 1.78. The van der Waals surface area contributed by atoms with Gasteiger partial charge in [0.05, 0.1) is 11.1 Å². The molecule has 1 heterocycles. The molecule has 0 saturated heterocycles. The molecule has 162 valence electrons. The van der Waals surface area contributed by atoms with E-state index >= 15 is 0 Å². The van der Waals surface area contributed by atoms with Crippen LogP contribution in [-0.4, -0.2) is 11.9 Å². The standard InChI is InChI=1S/C28H32O3/c1-15-17-9-10-18-12-20(28(6,7)8)14-22(16(18)2)24-23(25(29)31-26(24)30)21(15)13-19(11-17)27(3,4)5/h11-14H,9-10H2,1-8H3. The lowest BCUT2D eigenvalue weighted by atomic mass is 9.77. The van der Waals surface area contributed by atoms with Gasteiger partial charge in [0.25, 0.3) is 0 Å². The average molecular weight is 417 g/mol. The molecule has 4 bridgehead atoms. The summed E-state index contributed by atoms with van der Waals surface area (Å²) in [5.74, 6) is -1.08. The molecule has 0 amide bonds. The van der Waals surface area contributed by atoms with Crippen molar-refractivity contribution in [1.82, 2.24) is 0 Å². The van der Waals surface area contributed by atoms with Crippen molar-refractivity contribution in [2.75, 3.05) is 0 Å². The van der Waals surface area contributed by atoms with Crippen LogP contribution in [0.4, 0.5) is 0 Å². The molecule has 0 spiro atoms. The normalized spacial score (nSPS) is 16.4. The van der Waals surface area contributed by atoms with Gasteiger partial charge >= 0.3 is 11.9 Å². The number of aryl methyl sites for hydroxylation is 2. The summed E-state index contributed by atoms with van der Waals surface area (Å²) < 4.78 is 5.20. The summed E-state index contributed by atoms with van der Waals surface area (Å²) in [6.45, 7) is 17.2. The van der Waals surface area contributed by atoms with Gasteiger partial charge in [0.2, 0.25) is 0 Å². The highest BCUT2D eigenvalue weighted by atomic mass is 16.6. The molecular weight excluding hydrogens is 384 g/mol. The Morgan fingerprint density at radius 1 is 0.645 bits per heavy atom. The second-order valence-corrected chi connectivity index (χ2v) is 11.0. The van der Waals surface area contributed by atoms with E-state index in [9.17, 15) is 9.59 Å². The van der Waals surface area contributed by atoms with Crippen molar-refractivity contribution in [1.29, 1.82) is 0 Å². The molecule has 0 saturated carbocycles. The highest BCUT2D eigenvalue weighted by Gasteiger charge is 2.38. The van der Waals surface area contributed by atoms with Crippen LogP contribution in [-0.2, 0) is 38.0 Å². The number of rotatable bonds is 0. The largest absolute Gasteiger partial charge is 0.386 e. The fourth-order valence-corrected chi connectivity index (χ4v) is 4.60. The first-order chi connectivity index (χ1) is 14.3. The molecule has 3 heteroatoms. The van der Waals surface area contributed by atoms with Gasteiger partial charge in [-0.1, -0.05) is 65.8 Å². The van der Waals surface area contributed by atoms with Gasteiger partial charge in [-0.2, -0.15) is 0 Å². The molecule has 3 nitrogen and oxygen atoms in total. The molecule has 0 fully saturated rings. The lowest BCUT2D eigenvalue weighted by Crippen LogP contribution is -2.16. The molecule has 0 atom stereocenters. The number of carbonyl (C=O) groups is 2. The van der Waals surface area contributed by atoms with Crippen LogP contribution in [0.2, 0.25) is 0 Å². The number of esters is 2. The van der Waals surface area contributed by atoms with Gasteiger partial charge < -0.3 is 4.74 Å². The Balaban J connectivity index is 2.15. The summed E-state index contributed by atoms with van der Waals surface area (Å²) >= 11 is 0. The molecule has 0 radical (unpaired) electrons. The Morgan fingerprint density at radius 3 is 1.32 bits per heavy atom. The Bertz CT molecular complexity index is 1070. The van der Waals surface area contributed by atoms with Crippen LogP contribution in [0, 0.1) is 13.8 Å². The van der Waals surface area contributed by atoms with E-state index in [1.807, 2.05) is 0 Å². The topological polar surface area (TPSA) is 43.4 Å². The van der Waals surface area contributed by atoms with Crippen molar-refractivity contribution < 1.29 is 14.3 Å². The highest BCUT2D eigenvalue weighted by Crippen LogP contribution is 2.42. The lowest BCUT2D eigenvalue weighted by molar-refractivity contribution is -0.149. The number of benzene rings is 2. The molecule has 1 aliphatic heterocycles. The predicted molar refractivity (Wildman–Crippen MR) is 125 cm³/mol. The second-order valence-electron chi connectivity index (χ2n) is 11.0. The Morgan fingerprint density at radius 2 is 1.00 bits per heavy atom. The minimum atomic E-state index is -0.539. The van der Waals surface area contributed by atoms with Gasteiger partial charge in [-0.3, -0.25) is 0 Å². The first kappa shape index (κ1) is 21.5. The summed E-state index contributed by atoms with van der Waals surface area (Å²) in [7, 11) is 0. The molecular formula is C28H32O3. The monoisotopic (exact) mass is 416 g/mol. The Labute approximate surface area is 185 Å². The number of hydrogen-bond donors (Lipinski definition) is 0. The fraction of sp³-hybridized carbons (Fsp3) is 0.429. The van der Waals surface area contributed by atoms with Crippen molar-refractivity contribution in [2.24, 2.45) is 0 Å². The van der Waals surface area contributed by atoms with Crippen LogP contribution in [0.1, 0.15) is 86.1 Å². The van der Waals surface area contributed by atoms with E-state index in [0.29, 0.717) is 11.1 Å². The van der Waals surface area contributed by atoms with E-state index in [1.54, 1.807) is 0 Å². The maximum atomic E-state index is 13.0. The van der Waals surface area contributed by atoms with Gasteiger partial charge in [0.15, 0.2) is 0 Å². The summed E-state index contributed by atoms with van der Waals surface area (Å²) in [5, 5.41) is 0. The van der Waals surface area contributed by atoms with Crippen molar-refractivity contribution in [2.45, 2.75) is 79.1 Å². The maximum Gasteiger partial charge on any atom is 0.347 e. The van der Waals surface area contributed by atoms with Gasteiger partial charge in [-0.05, 0) is 82.0 Å². The first-order valence-corrected chi connectivity index (χ1v) is 11.1. The van der Waals surface area contributed by atoms with Crippen LogP contribution in [0.5, 0.6) is 0 Å². The Hall–Kier alpha value is -2.68. The summed E-state index contributed by atoms with van der Waals surface area (Å²) in [4.78, 5) is 26.0. The predicted octanol–water partition coefficient (Wildman–Crippen LogP) is 5.99. The fourth-order valence-electron chi connectivity index (χ4n) is 4.60. The van der Waals surface area contributed by atoms with Crippen LogP contribution in [0.3, 0.4) is 0 Å². The van der Waals surface area contributed by atoms with Crippen molar-refractivity contribution in [3.05, 3.63) is 68.8 Å². The zero-order valence-electron chi connectivity index (χ0n) is 19.9. The van der Waals surface area contributed by atoms with Gasteiger partial charge in [0.1, 0.15) is 0 Å². The molecule has 2 aliphatic rings. The summed E-state index contributed by atoms with van der Waals surface area (Å²) in [6, 6.07) is 8.71. The minimum absolute atomic E-state index is 0.0712. The second kappa shape index (κ2) is 6.91. The van der Waals surface area contributed by atoms with Gasteiger partial charge in [-0.15, -0.1) is 0 Å². The third-order valence-electron chi connectivity index (χ3n) is 6.81. The van der Waals surface area contributed by atoms with Crippen LogP contribution in [0.15, 0.2) is 24.3 Å². The highest BCUT2D eigenvalue weighted by molar-refractivity contribution is 6.45. The molecule has 0 aromatic heterocycles. The third-order valence-corrected chi connectivity index (χ3v) is 6.81. The molecule has 1 aliphatic carbocycles. The van der Waals surface area contributed by atoms with Crippen molar-refractivity contribution in [3.8, 4) is 0 Å². The maximum absolute atomic E-state index is 13.0. The molecule has 0 N–H and O–H groups in total. The number of ether oxygens (including phenoxy) is 1. The average Bonchev–Trinajstić information content (AvgIpc) is 2.93. The molecule has 2 aromatic rings. The SMILES string of the molecule is Cc1c2cc(C(C)(C)C)cc1C1=C(C(=O)OC1=O)c1cc(C(C)(C)C)cc(c1C)CC2. The zero-order valence-corrected chi connectivity index (χ0v) is 19.9. The number of fused-ring (bicyclic) bond motifs is 6. The first-order valence-electron chi connectivity index (χ1n) is 11.1. The molecule has 4 rings (SSSR count).